The van der Waals surface area contributed by atoms with E-state index >= 15 is 0 Å². The molecule has 0 aliphatic rings. The highest BCUT2D eigenvalue weighted by atomic mass is 32.2. The van der Waals surface area contributed by atoms with Gasteiger partial charge in [-0.1, -0.05) is 17.7 Å². The van der Waals surface area contributed by atoms with Crippen LogP contribution < -0.4 is 9.62 Å². The van der Waals surface area contributed by atoms with Gasteiger partial charge in [0.2, 0.25) is 15.9 Å². The first kappa shape index (κ1) is 20.4. The quantitative estimate of drug-likeness (QED) is 0.766. The smallest absolute Gasteiger partial charge is 0.232 e. The van der Waals surface area contributed by atoms with Crippen LogP contribution in [-0.2, 0) is 14.8 Å². The molecule has 0 radical (unpaired) electrons. The number of hydrogen-bond donors (Lipinski definition) is 1. The Balaban J connectivity index is 2.88. The molecule has 0 fully saturated rings. The zero-order valence-electron chi connectivity index (χ0n) is 15.5. The summed E-state index contributed by atoms with van der Waals surface area (Å²) in [6.07, 6.45) is 1.31. The molecular formula is C17H29N3O3S. The summed E-state index contributed by atoms with van der Waals surface area (Å²) in [6, 6.07) is 3.91. The third kappa shape index (κ3) is 6.13. The van der Waals surface area contributed by atoms with Crippen LogP contribution in [0.4, 0.5) is 5.69 Å². The minimum atomic E-state index is -3.46. The molecule has 0 spiro atoms. The van der Waals surface area contributed by atoms with Crippen molar-refractivity contribution in [1.82, 2.24) is 10.2 Å². The van der Waals surface area contributed by atoms with Gasteiger partial charge in [0.25, 0.3) is 0 Å². The van der Waals surface area contributed by atoms with Gasteiger partial charge in [-0.3, -0.25) is 9.10 Å². The van der Waals surface area contributed by atoms with E-state index in [1.807, 2.05) is 51.9 Å². The summed E-state index contributed by atoms with van der Waals surface area (Å²) in [5.74, 6) is -0.145. The van der Waals surface area contributed by atoms with Crippen LogP contribution >= 0.6 is 0 Å². The van der Waals surface area contributed by atoms with E-state index in [-0.39, 0.29) is 18.9 Å². The number of nitrogens with one attached hydrogen (secondary N) is 1. The average molecular weight is 356 g/mol. The molecule has 0 atom stereocenters. The number of benzene rings is 1. The van der Waals surface area contributed by atoms with Gasteiger partial charge >= 0.3 is 0 Å². The Hall–Kier alpha value is -1.60. The molecule has 0 heterocycles. The average Bonchev–Trinajstić information content (AvgIpc) is 2.39. The number of amides is 1. The molecule has 0 saturated carbocycles. The fourth-order valence-corrected chi connectivity index (χ4v) is 3.76. The van der Waals surface area contributed by atoms with Crippen molar-refractivity contribution in [2.75, 3.05) is 44.3 Å². The lowest BCUT2D eigenvalue weighted by atomic mass is 10.1. The largest absolute Gasteiger partial charge is 0.355 e. The Kier molecular flexibility index (Phi) is 7.23. The van der Waals surface area contributed by atoms with E-state index in [0.29, 0.717) is 12.2 Å². The van der Waals surface area contributed by atoms with Gasteiger partial charge in [-0.25, -0.2) is 8.42 Å². The maximum atomic E-state index is 12.2. The van der Waals surface area contributed by atoms with Gasteiger partial charge in [-0.2, -0.15) is 0 Å². The van der Waals surface area contributed by atoms with Gasteiger partial charge in [-0.05, 0) is 46.0 Å². The number of anilines is 1. The number of likely N-dealkylation sites (N-methyl/N-ethyl adjacent to an activating group) is 1. The van der Waals surface area contributed by atoms with Crippen LogP contribution in [0.15, 0.2) is 12.1 Å². The number of hydrogen-bond acceptors (Lipinski definition) is 4. The number of carbonyl (C=O) groups excluding carboxylic acids is 1. The van der Waals surface area contributed by atoms with Crippen LogP contribution in [0, 0.1) is 20.8 Å². The summed E-state index contributed by atoms with van der Waals surface area (Å²) < 4.78 is 25.8. The van der Waals surface area contributed by atoms with E-state index in [2.05, 4.69) is 5.32 Å². The van der Waals surface area contributed by atoms with Crippen LogP contribution in [0.1, 0.15) is 23.1 Å². The van der Waals surface area contributed by atoms with E-state index in [9.17, 15) is 13.2 Å². The lowest BCUT2D eigenvalue weighted by Gasteiger charge is -2.26. The van der Waals surface area contributed by atoms with Gasteiger partial charge in [0, 0.05) is 26.1 Å². The number of sulfonamides is 1. The number of carbonyl (C=O) groups is 1. The van der Waals surface area contributed by atoms with Crippen LogP contribution in [0.2, 0.25) is 0 Å². The Labute approximate surface area is 145 Å². The van der Waals surface area contributed by atoms with E-state index in [1.165, 1.54) is 10.6 Å². The van der Waals surface area contributed by atoms with Crippen molar-refractivity contribution in [2.45, 2.75) is 27.2 Å². The third-order valence-electron chi connectivity index (χ3n) is 3.71. The predicted octanol–water partition coefficient (Wildman–Crippen LogP) is 1.45. The molecule has 1 N–H and O–H groups in total. The summed E-state index contributed by atoms with van der Waals surface area (Å²) >= 11 is 0. The Bertz CT molecular complexity index is 661. The van der Waals surface area contributed by atoms with Gasteiger partial charge in [0.15, 0.2) is 0 Å². The van der Waals surface area contributed by atoms with Gasteiger partial charge < -0.3 is 10.2 Å². The highest BCUT2D eigenvalue weighted by Crippen LogP contribution is 2.28. The molecule has 24 heavy (non-hydrogen) atoms. The number of aryl methyl sites for hydroxylation is 3. The number of rotatable bonds is 8. The van der Waals surface area contributed by atoms with Crippen molar-refractivity contribution >= 4 is 21.6 Å². The van der Waals surface area contributed by atoms with E-state index in [1.54, 1.807) is 0 Å². The summed E-state index contributed by atoms with van der Waals surface area (Å²) in [7, 11) is 0.402. The van der Waals surface area contributed by atoms with Crippen molar-refractivity contribution in [3.63, 3.8) is 0 Å². The molecular weight excluding hydrogens is 326 g/mol. The van der Waals surface area contributed by atoms with Crippen molar-refractivity contribution < 1.29 is 13.2 Å². The lowest BCUT2D eigenvalue weighted by Crippen LogP contribution is -2.37. The minimum absolute atomic E-state index is 0.132. The van der Waals surface area contributed by atoms with Gasteiger partial charge in [0.1, 0.15) is 0 Å². The highest BCUT2D eigenvalue weighted by Gasteiger charge is 2.22. The SMILES string of the molecule is Cc1cc(C)c(N(CCC(=O)NCCN(C)C)S(C)(=O)=O)c(C)c1. The highest BCUT2D eigenvalue weighted by molar-refractivity contribution is 7.92. The molecule has 0 saturated heterocycles. The Morgan fingerprint density at radius 2 is 1.62 bits per heavy atom. The van der Waals surface area contributed by atoms with E-state index in [0.717, 1.165) is 23.2 Å². The fourth-order valence-electron chi connectivity index (χ4n) is 2.72. The van der Waals surface area contributed by atoms with Crippen LogP contribution in [0.25, 0.3) is 0 Å². The second-order valence-electron chi connectivity index (χ2n) is 6.49. The molecule has 1 rings (SSSR count). The summed E-state index contributed by atoms with van der Waals surface area (Å²) in [5.41, 5.74) is 3.55. The van der Waals surface area contributed by atoms with Crippen molar-refractivity contribution in [2.24, 2.45) is 0 Å². The molecule has 0 unspecified atom stereocenters. The summed E-state index contributed by atoms with van der Waals surface area (Å²) in [4.78, 5) is 13.9. The molecule has 0 aromatic heterocycles. The first-order valence-corrected chi connectivity index (χ1v) is 9.84. The zero-order chi connectivity index (χ0) is 18.5. The van der Waals surface area contributed by atoms with Crippen molar-refractivity contribution in [3.8, 4) is 0 Å². The monoisotopic (exact) mass is 355 g/mol. The maximum absolute atomic E-state index is 12.2. The standard InChI is InChI=1S/C17H29N3O3S/c1-13-11-14(2)17(15(3)12-13)20(24(6,22)23)9-7-16(21)18-8-10-19(4)5/h11-12H,7-10H2,1-6H3,(H,18,21). The zero-order valence-corrected chi connectivity index (χ0v) is 16.3. The lowest BCUT2D eigenvalue weighted by molar-refractivity contribution is -0.120. The molecule has 1 amide bonds. The predicted molar refractivity (Wildman–Crippen MR) is 99.0 cm³/mol. The van der Waals surface area contributed by atoms with Crippen molar-refractivity contribution in [1.29, 1.82) is 0 Å². The second-order valence-corrected chi connectivity index (χ2v) is 8.39. The molecule has 1 aromatic carbocycles. The second kappa shape index (κ2) is 8.48. The molecule has 136 valence electrons. The topological polar surface area (TPSA) is 69.7 Å². The normalized spacial score (nSPS) is 11.6. The van der Waals surface area contributed by atoms with Gasteiger partial charge in [-0.15, -0.1) is 0 Å². The molecule has 0 bridgehead atoms. The summed E-state index contributed by atoms with van der Waals surface area (Å²) in [5, 5.41) is 2.81. The first-order chi connectivity index (χ1) is 11.0. The molecule has 7 heteroatoms. The van der Waals surface area contributed by atoms with Crippen LogP contribution in [0.5, 0.6) is 0 Å². The fraction of sp³-hybridized carbons (Fsp3) is 0.588. The minimum Gasteiger partial charge on any atom is -0.355 e. The van der Waals surface area contributed by atoms with Crippen molar-refractivity contribution in [3.05, 3.63) is 28.8 Å². The molecule has 6 nitrogen and oxygen atoms in total. The number of nitrogens with zero attached hydrogens (tertiary/aromatic N) is 2. The Morgan fingerprint density at radius 3 is 2.08 bits per heavy atom. The first-order valence-electron chi connectivity index (χ1n) is 7.99. The molecule has 1 aromatic rings. The van der Waals surface area contributed by atoms with Gasteiger partial charge in [0.05, 0.1) is 11.9 Å². The maximum Gasteiger partial charge on any atom is 0.232 e. The van der Waals surface area contributed by atoms with Crippen LogP contribution in [0.3, 0.4) is 0 Å². The molecule has 0 aliphatic carbocycles. The molecule has 0 aliphatic heterocycles. The Morgan fingerprint density at radius 1 is 1.08 bits per heavy atom. The summed E-state index contributed by atoms with van der Waals surface area (Å²) in [6.45, 7) is 7.20. The van der Waals surface area contributed by atoms with E-state index in [4.69, 9.17) is 0 Å². The third-order valence-corrected chi connectivity index (χ3v) is 4.87. The van der Waals surface area contributed by atoms with Crippen LogP contribution in [-0.4, -0.2) is 59.2 Å². The van der Waals surface area contributed by atoms with E-state index < -0.39 is 10.0 Å².